The lowest BCUT2D eigenvalue weighted by Gasteiger charge is -2.02. The van der Waals surface area contributed by atoms with Crippen molar-refractivity contribution in [2.75, 3.05) is 5.88 Å². The molecule has 120 valence electrons. The predicted molar refractivity (Wildman–Crippen MR) is 103 cm³/mol. The Hall–Kier alpha value is -0.386. The summed E-state index contributed by atoms with van der Waals surface area (Å²) in [5.74, 6) is 1.14. The van der Waals surface area contributed by atoms with E-state index in [4.69, 9.17) is 11.6 Å². The maximum Gasteiger partial charge on any atom is 0.162 e. The van der Waals surface area contributed by atoms with E-state index >= 15 is 0 Å². The Morgan fingerprint density at radius 1 is 0.952 bits per heavy atom. The molecule has 4 heteroatoms. The fourth-order valence-electron chi connectivity index (χ4n) is 1.92. The van der Waals surface area contributed by atoms with Gasteiger partial charge in [0.1, 0.15) is 0 Å². The Labute approximate surface area is 139 Å². The highest BCUT2D eigenvalue weighted by molar-refractivity contribution is 6.56. The zero-order chi connectivity index (χ0) is 16.1. The van der Waals surface area contributed by atoms with Crippen LogP contribution < -0.4 is 0 Å². The minimum Gasteiger partial charge on any atom is -0.294 e. The smallest absolute Gasteiger partial charge is 0.162 e. The van der Waals surface area contributed by atoms with E-state index in [1.807, 2.05) is 30.3 Å². The van der Waals surface area contributed by atoms with Crippen LogP contribution in [0.2, 0.25) is 38.3 Å². The molecule has 21 heavy (non-hydrogen) atoms. The molecule has 0 aromatic heterocycles. The molecule has 0 spiro atoms. The molecule has 0 bridgehead atoms. The molecule has 0 amide bonds. The highest BCUT2D eigenvalue weighted by Gasteiger charge is 2.05. The average Bonchev–Trinajstić information content (AvgIpc) is 2.46. The standard InChI is InChI=1S/C12H18OSi.C5H13ClSi/c1-14(2)10-6-9-12(13)11-7-4-3-5-8-11;1-7(2)5-3-4-6/h3-5,7-8,14H,6,9-10H2,1-2H3;7H,3-5H2,1-2H3. The van der Waals surface area contributed by atoms with E-state index in [0.717, 1.165) is 24.3 Å². The van der Waals surface area contributed by atoms with Gasteiger partial charge in [0.25, 0.3) is 0 Å². The van der Waals surface area contributed by atoms with Gasteiger partial charge in [-0.05, 0) is 12.8 Å². The lowest BCUT2D eigenvalue weighted by Crippen LogP contribution is -2.03. The van der Waals surface area contributed by atoms with Crippen molar-refractivity contribution in [3.05, 3.63) is 35.9 Å². The Morgan fingerprint density at radius 3 is 1.90 bits per heavy atom. The van der Waals surface area contributed by atoms with Crippen molar-refractivity contribution in [2.45, 2.75) is 57.5 Å². The van der Waals surface area contributed by atoms with Gasteiger partial charge in [0, 0.05) is 35.5 Å². The van der Waals surface area contributed by atoms with Crippen molar-refractivity contribution in [2.24, 2.45) is 0 Å². The SMILES string of the molecule is C[SiH](C)CCCC(=O)c1ccccc1.C[SiH](C)CCCCl. The molecule has 0 atom stereocenters. The minimum atomic E-state index is -0.476. The fourth-order valence-corrected chi connectivity index (χ4v) is 4.38. The molecule has 1 nitrogen and oxygen atoms in total. The Morgan fingerprint density at radius 2 is 1.48 bits per heavy atom. The number of benzene rings is 1. The van der Waals surface area contributed by atoms with Gasteiger partial charge in [-0.1, -0.05) is 68.6 Å². The van der Waals surface area contributed by atoms with Crippen molar-refractivity contribution in [3.8, 4) is 0 Å². The first kappa shape index (κ1) is 20.6. The molecule has 0 aliphatic rings. The van der Waals surface area contributed by atoms with Gasteiger partial charge < -0.3 is 0 Å². The normalized spacial score (nSPS) is 10.4. The molecule has 1 aromatic rings. The van der Waals surface area contributed by atoms with Crippen molar-refractivity contribution in [1.29, 1.82) is 0 Å². The summed E-state index contributed by atoms with van der Waals surface area (Å²) < 4.78 is 0. The number of carbonyl (C=O) groups excluding carboxylic acids is 1. The van der Waals surface area contributed by atoms with Crippen LogP contribution in [0.3, 0.4) is 0 Å². The Kier molecular flexibility index (Phi) is 13.0. The summed E-state index contributed by atoms with van der Waals surface area (Å²) in [7, 11) is -0.748. The molecule has 1 rings (SSSR count). The van der Waals surface area contributed by atoms with Gasteiger partial charge >= 0.3 is 0 Å². The van der Waals surface area contributed by atoms with Gasteiger partial charge in [-0.15, -0.1) is 11.6 Å². The van der Waals surface area contributed by atoms with E-state index in [-0.39, 0.29) is 8.80 Å². The zero-order valence-electron chi connectivity index (χ0n) is 14.1. The highest BCUT2D eigenvalue weighted by atomic mass is 35.5. The summed E-state index contributed by atoms with van der Waals surface area (Å²) in [5, 5.41) is 0. The van der Waals surface area contributed by atoms with E-state index in [2.05, 4.69) is 26.2 Å². The molecule has 0 aliphatic heterocycles. The highest BCUT2D eigenvalue weighted by Crippen LogP contribution is 2.08. The molecule has 0 fully saturated rings. The summed E-state index contributed by atoms with van der Waals surface area (Å²) in [6, 6.07) is 12.3. The molecule has 0 heterocycles. The molecular formula is C17H31ClOSi2. The van der Waals surface area contributed by atoms with E-state index in [9.17, 15) is 4.79 Å². The summed E-state index contributed by atoms with van der Waals surface area (Å²) in [4.78, 5) is 11.6. The second kappa shape index (κ2) is 13.3. The Bertz CT molecular complexity index is 366. The maximum atomic E-state index is 11.6. The minimum absolute atomic E-state index is 0.273. The number of rotatable bonds is 8. The van der Waals surface area contributed by atoms with E-state index in [1.165, 1.54) is 18.5 Å². The number of hydrogen-bond acceptors (Lipinski definition) is 1. The van der Waals surface area contributed by atoms with Gasteiger partial charge in [0.15, 0.2) is 5.78 Å². The zero-order valence-corrected chi connectivity index (χ0v) is 17.1. The number of Topliss-reactive ketones (excluding diaryl/α,β-unsaturated/α-hetero) is 1. The summed E-state index contributed by atoms with van der Waals surface area (Å²) in [6.45, 7) is 9.36. The van der Waals surface area contributed by atoms with Gasteiger partial charge in [0.2, 0.25) is 0 Å². The van der Waals surface area contributed by atoms with Crippen molar-refractivity contribution in [3.63, 3.8) is 0 Å². The van der Waals surface area contributed by atoms with Crippen LogP contribution in [0.1, 0.15) is 29.6 Å². The summed E-state index contributed by atoms with van der Waals surface area (Å²) in [6.07, 6.45) is 3.01. The van der Waals surface area contributed by atoms with E-state index in [1.54, 1.807) is 0 Å². The number of alkyl halides is 1. The quantitative estimate of drug-likeness (QED) is 0.359. The monoisotopic (exact) mass is 342 g/mol. The van der Waals surface area contributed by atoms with Crippen LogP contribution in [-0.4, -0.2) is 29.3 Å². The number of hydrogen-bond donors (Lipinski definition) is 0. The third kappa shape index (κ3) is 13.0. The molecular weight excluding hydrogens is 312 g/mol. The first-order valence-electron chi connectivity index (χ1n) is 8.11. The second-order valence-corrected chi connectivity index (χ2v) is 13.4. The molecule has 0 N–H and O–H groups in total. The van der Waals surface area contributed by atoms with Crippen molar-refractivity contribution >= 4 is 35.0 Å². The van der Waals surface area contributed by atoms with Crippen LogP contribution in [0.15, 0.2) is 30.3 Å². The van der Waals surface area contributed by atoms with Crippen LogP contribution >= 0.6 is 11.6 Å². The van der Waals surface area contributed by atoms with Crippen LogP contribution in [0.4, 0.5) is 0 Å². The van der Waals surface area contributed by atoms with Crippen LogP contribution in [0.25, 0.3) is 0 Å². The van der Waals surface area contributed by atoms with Crippen LogP contribution in [0, 0.1) is 0 Å². The topological polar surface area (TPSA) is 17.1 Å². The van der Waals surface area contributed by atoms with Crippen LogP contribution in [-0.2, 0) is 0 Å². The molecule has 0 saturated carbocycles. The number of carbonyl (C=O) groups is 1. The molecule has 0 saturated heterocycles. The van der Waals surface area contributed by atoms with Crippen molar-refractivity contribution in [1.82, 2.24) is 0 Å². The Balaban J connectivity index is 0.000000486. The second-order valence-electron chi connectivity index (χ2n) is 6.30. The van der Waals surface area contributed by atoms with E-state index in [0.29, 0.717) is 5.78 Å². The first-order chi connectivity index (χ1) is 9.97. The summed E-state index contributed by atoms with van der Waals surface area (Å²) >= 11 is 5.47. The molecule has 0 aliphatic carbocycles. The van der Waals surface area contributed by atoms with Gasteiger partial charge in [-0.25, -0.2) is 0 Å². The van der Waals surface area contributed by atoms with Crippen LogP contribution in [0.5, 0.6) is 0 Å². The number of ketones is 1. The average molecular weight is 343 g/mol. The molecule has 1 aromatic carbocycles. The third-order valence-corrected chi connectivity index (χ3v) is 6.59. The van der Waals surface area contributed by atoms with E-state index < -0.39 is 8.80 Å². The van der Waals surface area contributed by atoms with Gasteiger partial charge in [0.05, 0.1) is 0 Å². The maximum absolute atomic E-state index is 11.6. The largest absolute Gasteiger partial charge is 0.294 e. The summed E-state index contributed by atoms with van der Waals surface area (Å²) in [5.41, 5.74) is 0.859. The molecule has 0 radical (unpaired) electrons. The fraction of sp³-hybridized carbons (Fsp3) is 0.588. The first-order valence-corrected chi connectivity index (χ1v) is 14.9. The predicted octanol–water partition coefficient (Wildman–Crippen LogP) is 5.24. The third-order valence-electron chi connectivity index (χ3n) is 3.20. The van der Waals surface area contributed by atoms with Gasteiger partial charge in [-0.3, -0.25) is 4.79 Å². The molecule has 0 unspecified atom stereocenters. The van der Waals surface area contributed by atoms with Crippen molar-refractivity contribution < 1.29 is 4.79 Å². The number of halogens is 1. The lowest BCUT2D eigenvalue weighted by atomic mass is 10.1. The van der Waals surface area contributed by atoms with Gasteiger partial charge in [-0.2, -0.15) is 0 Å². The lowest BCUT2D eigenvalue weighted by molar-refractivity contribution is 0.0981.